The molecule has 1 aliphatic rings. The number of nitrogens with two attached hydrogens (primary N) is 1. The number of likely N-dealkylation sites (N-methyl/N-ethyl adjacent to an activating group) is 1. The van der Waals surface area contributed by atoms with Gasteiger partial charge in [0.1, 0.15) is 0 Å². The SMILES string of the molecule is CN(Cc1cnc(N)nc1)CC1(O)CCCN(Cc2cccc(F)c2F)C1=O. The van der Waals surface area contributed by atoms with E-state index in [0.717, 1.165) is 11.6 Å². The Bertz CT molecular complexity index is 849. The average Bonchev–Trinajstić information content (AvgIpc) is 2.64. The molecule has 1 fully saturated rings. The van der Waals surface area contributed by atoms with Gasteiger partial charge in [0.15, 0.2) is 17.2 Å². The van der Waals surface area contributed by atoms with Crippen molar-refractivity contribution in [1.82, 2.24) is 19.8 Å². The molecule has 0 aliphatic carbocycles. The highest BCUT2D eigenvalue weighted by molar-refractivity contribution is 5.86. The summed E-state index contributed by atoms with van der Waals surface area (Å²) in [5.41, 5.74) is 4.76. The Hall–Kier alpha value is -2.65. The zero-order valence-electron chi connectivity index (χ0n) is 15.6. The monoisotopic (exact) mass is 391 g/mol. The standard InChI is InChI=1S/C19H23F2N5O2/c1-25(10-13-8-23-18(22)24-9-13)12-19(28)6-3-7-26(17(19)27)11-14-4-2-5-15(20)16(14)21/h2,4-5,8-9,28H,3,6-7,10-12H2,1H3,(H2,22,23,24). The smallest absolute Gasteiger partial charge is 0.256 e. The van der Waals surface area contributed by atoms with Gasteiger partial charge in [-0.1, -0.05) is 12.1 Å². The second-order valence-electron chi connectivity index (χ2n) is 7.20. The Balaban J connectivity index is 1.67. The molecule has 2 heterocycles. The molecule has 7 nitrogen and oxygen atoms in total. The fraction of sp³-hybridized carbons (Fsp3) is 0.421. The molecule has 3 N–H and O–H groups in total. The fourth-order valence-electron chi connectivity index (χ4n) is 3.50. The van der Waals surface area contributed by atoms with Gasteiger partial charge >= 0.3 is 0 Å². The van der Waals surface area contributed by atoms with E-state index in [1.54, 1.807) is 24.3 Å². The van der Waals surface area contributed by atoms with Crippen LogP contribution in [0.25, 0.3) is 0 Å². The third-order valence-corrected chi connectivity index (χ3v) is 4.81. The fourth-order valence-corrected chi connectivity index (χ4v) is 3.50. The van der Waals surface area contributed by atoms with Crippen LogP contribution in [0.2, 0.25) is 0 Å². The molecule has 9 heteroatoms. The number of carbonyl (C=O) groups is 1. The number of piperidine rings is 1. The average molecular weight is 391 g/mol. The van der Waals surface area contributed by atoms with Crippen molar-refractivity contribution in [2.45, 2.75) is 31.5 Å². The molecular formula is C19H23F2N5O2. The number of likely N-dealkylation sites (tertiary alicyclic amines) is 1. The van der Waals surface area contributed by atoms with Crippen molar-refractivity contribution in [3.63, 3.8) is 0 Å². The van der Waals surface area contributed by atoms with Gasteiger partial charge in [-0.3, -0.25) is 9.69 Å². The van der Waals surface area contributed by atoms with Gasteiger partial charge < -0.3 is 15.7 Å². The lowest BCUT2D eigenvalue weighted by atomic mass is 9.90. The second-order valence-corrected chi connectivity index (χ2v) is 7.20. The zero-order valence-corrected chi connectivity index (χ0v) is 15.6. The van der Waals surface area contributed by atoms with E-state index < -0.39 is 23.1 Å². The predicted molar refractivity (Wildman–Crippen MR) is 98.7 cm³/mol. The van der Waals surface area contributed by atoms with Crippen LogP contribution in [0.15, 0.2) is 30.6 Å². The van der Waals surface area contributed by atoms with Gasteiger partial charge in [0.05, 0.1) is 0 Å². The van der Waals surface area contributed by atoms with Gasteiger partial charge in [0, 0.05) is 49.7 Å². The Labute approximate surface area is 161 Å². The number of halogens is 2. The van der Waals surface area contributed by atoms with Crippen LogP contribution in [0.5, 0.6) is 0 Å². The maximum atomic E-state index is 14.0. The molecule has 1 amide bonds. The summed E-state index contributed by atoms with van der Waals surface area (Å²) in [6, 6.07) is 3.87. The molecule has 1 aromatic heterocycles. The van der Waals surface area contributed by atoms with E-state index in [-0.39, 0.29) is 24.6 Å². The number of nitrogens with zero attached hydrogens (tertiary/aromatic N) is 4. The van der Waals surface area contributed by atoms with Crippen LogP contribution in [-0.2, 0) is 17.9 Å². The predicted octanol–water partition coefficient (Wildman–Crippen LogP) is 1.32. The molecule has 2 aromatic rings. The molecule has 0 saturated carbocycles. The van der Waals surface area contributed by atoms with Crippen molar-refractivity contribution in [2.24, 2.45) is 0 Å². The van der Waals surface area contributed by atoms with Crippen LogP contribution in [0, 0.1) is 11.6 Å². The van der Waals surface area contributed by atoms with Crippen LogP contribution < -0.4 is 5.73 Å². The highest BCUT2D eigenvalue weighted by Gasteiger charge is 2.43. The van der Waals surface area contributed by atoms with Gasteiger partial charge in [0.25, 0.3) is 5.91 Å². The number of aromatic nitrogens is 2. The van der Waals surface area contributed by atoms with Gasteiger partial charge in [0.2, 0.25) is 5.95 Å². The van der Waals surface area contributed by atoms with Crippen molar-refractivity contribution in [3.05, 3.63) is 53.4 Å². The van der Waals surface area contributed by atoms with Crippen molar-refractivity contribution < 1.29 is 18.7 Å². The minimum absolute atomic E-state index is 0.0831. The third-order valence-electron chi connectivity index (χ3n) is 4.81. The summed E-state index contributed by atoms with van der Waals surface area (Å²) in [5.74, 6) is -2.23. The number of hydrogen-bond donors (Lipinski definition) is 2. The summed E-state index contributed by atoms with van der Waals surface area (Å²) in [6.07, 6.45) is 4.05. The van der Waals surface area contributed by atoms with Gasteiger partial charge in [-0.05, 0) is 26.0 Å². The lowest BCUT2D eigenvalue weighted by Crippen LogP contribution is -2.57. The molecule has 1 aromatic carbocycles. The molecule has 0 spiro atoms. The van der Waals surface area contributed by atoms with E-state index in [1.165, 1.54) is 17.0 Å². The summed E-state index contributed by atoms with van der Waals surface area (Å²) in [5, 5.41) is 11.0. The Morgan fingerprint density at radius 2 is 2.04 bits per heavy atom. The van der Waals surface area contributed by atoms with Crippen LogP contribution in [0.4, 0.5) is 14.7 Å². The van der Waals surface area contributed by atoms with Gasteiger partial charge in [-0.15, -0.1) is 0 Å². The van der Waals surface area contributed by atoms with Gasteiger partial charge in [-0.25, -0.2) is 18.7 Å². The minimum atomic E-state index is -1.59. The molecule has 1 atom stereocenters. The normalized spacial score (nSPS) is 20.0. The first kappa shape index (κ1) is 20.1. The minimum Gasteiger partial charge on any atom is -0.379 e. The second kappa shape index (κ2) is 8.15. The number of rotatable bonds is 6. The number of aliphatic hydroxyl groups is 1. The van der Waals surface area contributed by atoms with Crippen LogP contribution in [0.3, 0.4) is 0 Å². The molecule has 150 valence electrons. The van der Waals surface area contributed by atoms with Gasteiger partial charge in [-0.2, -0.15) is 0 Å². The van der Waals surface area contributed by atoms with Crippen LogP contribution in [0.1, 0.15) is 24.0 Å². The zero-order chi connectivity index (χ0) is 20.3. The van der Waals surface area contributed by atoms with E-state index in [4.69, 9.17) is 5.73 Å². The van der Waals surface area contributed by atoms with E-state index in [1.807, 2.05) is 0 Å². The molecule has 1 aliphatic heterocycles. The topological polar surface area (TPSA) is 95.6 Å². The number of anilines is 1. The quantitative estimate of drug-likeness (QED) is 0.771. The van der Waals surface area contributed by atoms with E-state index in [9.17, 15) is 18.7 Å². The summed E-state index contributed by atoms with van der Waals surface area (Å²) >= 11 is 0. The van der Waals surface area contributed by atoms with E-state index in [0.29, 0.717) is 25.9 Å². The number of amides is 1. The first-order valence-corrected chi connectivity index (χ1v) is 8.98. The molecular weight excluding hydrogens is 368 g/mol. The highest BCUT2D eigenvalue weighted by atomic mass is 19.2. The molecule has 1 saturated heterocycles. The van der Waals surface area contributed by atoms with Crippen molar-refractivity contribution in [1.29, 1.82) is 0 Å². The third kappa shape index (κ3) is 4.42. The van der Waals surface area contributed by atoms with Crippen molar-refractivity contribution in [2.75, 3.05) is 25.9 Å². The van der Waals surface area contributed by atoms with Crippen molar-refractivity contribution >= 4 is 11.9 Å². The molecule has 0 radical (unpaired) electrons. The lowest BCUT2D eigenvalue weighted by molar-refractivity contribution is -0.160. The summed E-state index contributed by atoms with van der Waals surface area (Å²) in [6.45, 7) is 0.819. The Morgan fingerprint density at radius 3 is 2.75 bits per heavy atom. The van der Waals surface area contributed by atoms with Crippen LogP contribution >= 0.6 is 0 Å². The summed E-state index contributed by atoms with van der Waals surface area (Å²) < 4.78 is 27.4. The number of nitrogen functional groups attached to an aromatic ring is 1. The molecule has 0 bridgehead atoms. The molecule has 3 rings (SSSR count). The Morgan fingerprint density at radius 1 is 1.32 bits per heavy atom. The van der Waals surface area contributed by atoms with E-state index in [2.05, 4.69) is 9.97 Å². The number of hydrogen-bond acceptors (Lipinski definition) is 6. The maximum absolute atomic E-state index is 14.0. The number of benzene rings is 1. The Kier molecular flexibility index (Phi) is 5.85. The summed E-state index contributed by atoms with van der Waals surface area (Å²) in [4.78, 5) is 23.9. The molecule has 28 heavy (non-hydrogen) atoms. The molecule has 1 unspecified atom stereocenters. The highest BCUT2D eigenvalue weighted by Crippen LogP contribution is 2.26. The largest absolute Gasteiger partial charge is 0.379 e. The lowest BCUT2D eigenvalue weighted by Gasteiger charge is -2.40. The van der Waals surface area contributed by atoms with Crippen LogP contribution in [-0.4, -0.2) is 56.5 Å². The number of carbonyl (C=O) groups excluding carboxylic acids is 1. The van der Waals surface area contributed by atoms with E-state index >= 15 is 0 Å². The van der Waals surface area contributed by atoms with Crippen molar-refractivity contribution in [3.8, 4) is 0 Å². The maximum Gasteiger partial charge on any atom is 0.256 e. The first-order valence-electron chi connectivity index (χ1n) is 8.98. The summed E-state index contributed by atoms with van der Waals surface area (Å²) in [7, 11) is 1.77. The first-order chi connectivity index (χ1) is 13.3.